The van der Waals surface area contributed by atoms with Gasteiger partial charge >= 0.3 is 0 Å². The average Bonchev–Trinajstić information content (AvgIpc) is 2.59. The predicted molar refractivity (Wildman–Crippen MR) is 61.7 cm³/mol. The van der Waals surface area contributed by atoms with Gasteiger partial charge in [0.15, 0.2) is 0 Å². The molecule has 0 radical (unpaired) electrons. The Balaban J connectivity index is 2.28. The molecule has 1 aromatic heterocycles. The second kappa shape index (κ2) is 4.04. The zero-order chi connectivity index (χ0) is 10.8. The maximum Gasteiger partial charge on any atom is 0.134 e. The molecule has 2 rings (SSSR count). The lowest BCUT2D eigenvalue weighted by molar-refractivity contribution is 0.350. The Hall–Kier alpha value is -1.32. The van der Waals surface area contributed by atoms with E-state index in [4.69, 9.17) is 10.2 Å². The van der Waals surface area contributed by atoms with Gasteiger partial charge in [-0.3, -0.25) is 0 Å². The third-order valence-electron chi connectivity index (χ3n) is 2.37. The van der Waals surface area contributed by atoms with Gasteiger partial charge < -0.3 is 15.1 Å². The number of furan rings is 1. The van der Waals surface area contributed by atoms with E-state index < -0.39 is 0 Å². The highest BCUT2D eigenvalue weighted by Crippen LogP contribution is 2.22. The number of hydrogen-bond donors (Lipinski definition) is 1. The normalized spacial score (nSPS) is 13.6. The summed E-state index contributed by atoms with van der Waals surface area (Å²) in [5.41, 5.74) is 6.93. The fourth-order valence-corrected chi connectivity index (χ4v) is 1.67. The van der Waals surface area contributed by atoms with Crippen molar-refractivity contribution < 1.29 is 4.42 Å². The minimum atomic E-state index is -0.0626. The lowest BCUT2D eigenvalue weighted by Crippen LogP contribution is -2.25. The Bertz CT molecular complexity index is 415. The lowest BCUT2D eigenvalue weighted by Gasteiger charge is -2.14. The molecule has 0 fully saturated rings. The smallest absolute Gasteiger partial charge is 0.134 e. The summed E-state index contributed by atoms with van der Waals surface area (Å²) in [4.78, 5) is 2.05. The molecule has 0 saturated carbocycles. The molecule has 2 aromatic rings. The first-order valence-corrected chi connectivity index (χ1v) is 5.05. The molecule has 0 amide bonds. The monoisotopic (exact) mass is 204 g/mol. The van der Waals surface area contributed by atoms with Gasteiger partial charge in [-0.2, -0.15) is 0 Å². The molecule has 1 atom stereocenters. The maximum atomic E-state index is 6.02. The summed E-state index contributed by atoms with van der Waals surface area (Å²) in [6.45, 7) is 0.791. The summed E-state index contributed by atoms with van der Waals surface area (Å²) in [6, 6.07) is 9.91. The lowest BCUT2D eigenvalue weighted by atomic mass is 10.2. The van der Waals surface area contributed by atoms with E-state index in [-0.39, 0.29) is 6.04 Å². The van der Waals surface area contributed by atoms with Crippen LogP contribution in [0.1, 0.15) is 11.8 Å². The fourth-order valence-electron chi connectivity index (χ4n) is 1.67. The number of para-hydroxylation sites is 1. The van der Waals surface area contributed by atoms with Crippen LogP contribution >= 0.6 is 0 Å². The Kier molecular flexibility index (Phi) is 2.75. The summed E-state index contributed by atoms with van der Waals surface area (Å²) >= 11 is 0. The van der Waals surface area contributed by atoms with Gasteiger partial charge in [0.25, 0.3) is 0 Å². The van der Waals surface area contributed by atoms with E-state index in [1.807, 2.05) is 44.4 Å². The minimum absolute atomic E-state index is 0.0626. The van der Waals surface area contributed by atoms with Crippen molar-refractivity contribution in [1.82, 2.24) is 4.90 Å². The summed E-state index contributed by atoms with van der Waals surface area (Å²) in [5, 5.41) is 1.11. The standard InChI is InChI=1S/C12H16N2O/c1-14(2)8-10(13)12-7-9-5-3-4-6-11(9)15-12/h3-7,10H,8,13H2,1-2H3. The van der Waals surface area contributed by atoms with E-state index >= 15 is 0 Å². The average molecular weight is 204 g/mol. The molecule has 80 valence electrons. The largest absolute Gasteiger partial charge is 0.459 e. The Labute approximate surface area is 89.5 Å². The molecule has 15 heavy (non-hydrogen) atoms. The first-order chi connectivity index (χ1) is 7.16. The zero-order valence-corrected chi connectivity index (χ0v) is 9.10. The molecule has 2 N–H and O–H groups in total. The summed E-state index contributed by atoms with van der Waals surface area (Å²) in [6.07, 6.45) is 0. The van der Waals surface area contributed by atoms with Crippen molar-refractivity contribution in [2.75, 3.05) is 20.6 Å². The van der Waals surface area contributed by atoms with Crippen LogP contribution in [0.5, 0.6) is 0 Å². The molecule has 3 heteroatoms. The van der Waals surface area contributed by atoms with Crippen molar-refractivity contribution in [3.63, 3.8) is 0 Å². The predicted octanol–water partition coefficient (Wildman–Crippen LogP) is 1.99. The van der Waals surface area contributed by atoms with Crippen LogP contribution in [0.2, 0.25) is 0 Å². The van der Waals surface area contributed by atoms with E-state index in [0.29, 0.717) is 0 Å². The maximum absolute atomic E-state index is 6.02. The van der Waals surface area contributed by atoms with Crippen molar-refractivity contribution >= 4 is 11.0 Å². The molecule has 0 aliphatic rings. The number of hydrogen-bond acceptors (Lipinski definition) is 3. The van der Waals surface area contributed by atoms with Crippen LogP contribution in [-0.4, -0.2) is 25.5 Å². The van der Waals surface area contributed by atoms with Crippen LogP contribution in [0.15, 0.2) is 34.7 Å². The Morgan fingerprint density at radius 2 is 2.07 bits per heavy atom. The van der Waals surface area contributed by atoms with E-state index in [9.17, 15) is 0 Å². The minimum Gasteiger partial charge on any atom is -0.459 e. The van der Waals surface area contributed by atoms with Gasteiger partial charge in [0, 0.05) is 11.9 Å². The highest BCUT2D eigenvalue weighted by Gasteiger charge is 2.12. The van der Waals surface area contributed by atoms with Gasteiger partial charge in [0.05, 0.1) is 6.04 Å². The number of nitrogens with zero attached hydrogens (tertiary/aromatic N) is 1. The third kappa shape index (κ3) is 2.19. The van der Waals surface area contributed by atoms with Crippen molar-refractivity contribution in [3.8, 4) is 0 Å². The molecule has 0 bridgehead atoms. The topological polar surface area (TPSA) is 42.4 Å². The SMILES string of the molecule is CN(C)CC(N)c1cc2ccccc2o1. The van der Waals surface area contributed by atoms with E-state index in [1.54, 1.807) is 0 Å². The first kappa shape index (κ1) is 10.2. The molecule has 0 aliphatic carbocycles. The number of fused-ring (bicyclic) bond motifs is 1. The Morgan fingerprint density at radius 3 is 2.73 bits per heavy atom. The molecular formula is C12H16N2O. The van der Waals surface area contributed by atoms with Gasteiger partial charge in [-0.05, 0) is 26.2 Å². The van der Waals surface area contributed by atoms with Crippen LogP contribution in [0, 0.1) is 0 Å². The van der Waals surface area contributed by atoms with Gasteiger partial charge in [0.1, 0.15) is 11.3 Å². The van der Waals surface area contributed by atoms with Crippen molar-refractivity contribution in [2.24, 2.45) is 5.73 Å². The molecule has 1 heterocycles. The molecule has 1 aromatic carbocycles. The van der Waals surface area contributed by atoms with Crippen LogP contribution in [0.3, 0.4) is 0 Å². The fraction of sp³-hybridized carbons (Fsp3) is 0.333. The number of benzene rings is 1. The Morgan fingerprint density at radius 1 is 1.33 bits per heavy atom. The number of likely N-dealkylation sites (N-methyl/N-ethyl adjacent to an activating group) is 1. The molecule has 0 saturated heterocycles. The number of nitrogens with two attached hydrogens (primary N) is 1. The molecule has 0 spiro atoms. The van der Waals surface area contributed by atoms with E-state index in [0.717, 1.165) is 23.3 Å². The molecular weight excluding hydrogens is 188 g/mol. The first-order valence-electron chi connectivity index (χ1n) is 5.05. The van der Waals surface area contributed by atoms with Crippen molar-refractivity contribution in [1.29, 1.82) is 0 Å². The second-order valence-corrected chi connectivity index (χ2v) is 4.06. The molecule has 3 nitrogen and oxygen atoms in total. The third-order valence-corrected chi connectivity index (χ3v) is 2.37. The van der Waals surface area contributed by atoms with Gasteiger partial charge in [-0.1, -0.05) is 18.2 Å². The van der Waals surface area contributed by atoms with Crippen LogP contribution in [0.4, 0.5) is 0 Å². The van der Waals surface area contributed by atoms with Gasteiger partial charge in [0.2, 0.25) is 0 Å². The quantitative estimate of drug-likeness (QED) is 0.831. The van der Waals surface area contributed by atoms with Crippen LogP contribution < -0.4 is 5.73 Å². The van der Waals surface area contributed by atoms with Gasteiger partial charge in [-0.25, -0.2) is 0 Å². The summed E-state index contributed by atoms with van der Waals surface area (Å²) in [7, 11) is 4.00. The van der Waals surface area contributed by atoms with Crippen LogP contribution in [-0.2, 0) is 0 Å². The van der Waals surface area contributed by atoms with E-state index in [1.165, 1.54) is 0 Å². The second-order valence-electron chi connectivity index (χ2n) is 4.06. The highest BCUT2D eigenvalue weighted by molar-refractivity contribution is 5.77. The summed E-state index contributed by atoms with van der Waals surface area (Å²) in [5.74, 6) is 0.852. The summed E-state index contributed by atoms with van der Waals surface area (Å²) < 4.78 is 5.68. The molecule has 1 unspecified atom stereocenters. The highest BCUT2D eigenvalue weighted by atomic mass is 16.3. The van der Waals surface area contributed by atoms with Gasteiger partial charge in [-0.15, -0.1) is 0 Å². The number of rotatable bonds is 3. The van der Waals surface area contributed by atoms with Crippen molar-refractivity contribution in [3.05, 3.63) is 36.1 Å². The molecule has 0 aliphatic heterocycles. The zero-order valence-electron chi connectivity index (χ0n) is 9.10. The van der Waals surface area contributed by atoms with Crippen molar-refractivity contribution in [2.45, 2.75) is 6.04 Å². The van der Waals surface area contributed by atoms with Crippen LogP contribution in [0.25, 0.3) is 11.0 Å². The van der Waals surface area contributed by atoms with E-state index in [2.05, 4.69) is 4.90 Å².